The molecule has 0 saturated heterocycles. The van der Waals surface area contributed by atoms with Crippen molar-refractivity contribution in [2.75, 3.05) is 11.9 Å². The van der Waals surface area contributed by atoms with Gasteiger partial charge >= 0.3 is 6.18 Å². The summed E-state index contributed by atoms with van der Waals surface area (Å²) in [5.74, 6) is -0.508. The number of benzene rings is 1. The summed E-state index contributed by atoms with van der Waals surface area (Å²) in [6, 6.07) is 2.53. The van der Waals surface area contributed by atoms with Crippen LogP contribution in [0.2, 0.25) is 0 Å². The van der Waals surface area contributed by atoms with E-state index in [0.717, 1.165) is 12.1 Å². The van der Waals surface area contributed by atoms with Crippen LogP contribution in [0.5, 0.6) is 0 Å². The molecule has 0 fully saturated rings. The highest BCUT2D eigenvalue weighted by atomic mass is 19.4. The van der Waals surface area contributed by atoms with E-state index in [1.807, 2.05) is 27.7 Å². The normalized spacial score (nSPS) is 12.9. The van der Waals surface area contributed by atoms with Crippen LogP contribution in [0.15, 0.2) is 18.2 Å². The number of anilines is 1. The Morgan fingerprint density at radius 1 is 1.16 bits per heavy atom. The largest absolute Gasteiger partial charge is 0.416 e. The van der Waals surface area contributed by atoms with Crippen molar-refractivity contribution in [1.29, 1.82) is 0 Å². The average molecular weight is 277 g/mol. The molecule has 0 aliphatic rings. The van der Waals surface area contributed by atoms with Gasteiger partial charge in [-0.2, -0.15) is 13.2 Å². The van der Waals surface area contributed by atoms with Crippen LogP contribution >= 0.6 is 0 Å². The third kappa shape index (κ3) is 4.11. The summed E-state index contributed by atoms with van der Waals surface area (Å²) < 4.78 is 50.8. The summed E-state index contributed by atoms with van der Waals surface area (Å²) in [5.41, 5.74) is -0.949. The zero-order chi connectivity index (χ0) is 14.8. The van der Waals surface area contributed by atoms with Crippen LogP contribution in [0.1, 0.15) is 33.3 Å². The minimum Gasteiger partial charge on any atom is -0.382 e. The van der Waals surface area contributed by atoms with Crippen LogP contribution in [0, 0.1) is 17.2 Å². The molecule has 0 spiro atoms. The predicted molar refractivity (Wildman–Crippen MR) is 68.5 cm³/mol. The van der Waals surface area contributed by atoms with Crippen molar-refractivity contribution in [1.82, 2.24) is 0 Å². The molecule has 0 radical (unpaired) electrons. The fourth-order valence-corrected chi connectivity index (χ4v) is 1.36. The Kier molecular flexibility index (Phi) is 4.48. The lowest BCUT2D eigenvalue weighted by Gasteiger charge is -2.30. The molecule has 0 amide bonds. The zero-order valence-corrected chi connectivity index (χ0v) is 11.5. The number of alkyl halides is 3. The second kappa shape index (κ2) is 5.39. The van der Waals surface area contributed by atoms with Crippen LogP contribution in [0.4, 0.5) is 23.2 Å². The molecule has 108 valence electrons. The van der Waals surface area contributed by atoms with E-state index in [1.165, 1.54) is 0 Å². The molecule has 1 N–H and O–H groups in total. The highest BCUT2D eigenvalue weighted by Crippen LogP contribution is 2.32. The number of hydrogen-bond acceptors (Lipinski definition) is 1. The van der Waals surface area contributed by atoms with Gasteiger partial charge in [0.05, 0.1) is 11.3 Å². The SMILES string of the molecule is CC(C)C(C)(C)CNc1ccc(C(F)(F)F)cc1F. The monoisotopic (exact) mass is 277 g/mol. The Bertz CT molecular complexity index is 436. The number of halogens is 4. The number of nitrogens with one attached hydrogen (secondary N) is 1. The van der Waals surface area contributed by atoms with Crippen molar-refractivity contribution in [2.24, 2.45) is 11.3 Å². The van der Waals surface area contributed by atoms with E-state index in [2.05, 4.69) is 5.32 Å². The zero-order valence-electron chi connectivity index (χ0n) is 11.5. The van der Waals surface area contributed by atoms with Gasteiger partial charge in [-0.1, -0.05) is 27.7 Å². The summed E-state index contributed by atoms with van der Waals surface area (Å²) in [6.45, 7) is 8.63. The molecule has 0 atom stereocenters. The molecule has 1 aromatic rings. The maximum Gasteiger partial charge on any atom is 0.416 e. The molecule has 0 aliphatic carbocycles. The second-order valence-corrected chi connectivity index (χ2v) is 5.69. The van der Waals surface area contributed by atoms with E-state index in [1.54, 1.807) is 0 Å². The molecule has 1 nitrogen and oxygen atoms in total. The van der Waals surface area contributed by atoms with Crippen molar-refractivity contribution in [2.45, 2.75) is 33.9 Å². The van der Waals surface area contributed by atoms with E-state index in [9.17, 15) is 17.6 Å². The molecule has 0 unspecified atom stereocenters. The van der Waals surface area contributed by atoms with Crippen LogP contribution in [0.3, 0.4) is 0 Å². The highest BCUT2D eigenvalue weighted by molar-refractivity contribution is 5.47. The maximum atomic E-state index is 13.6. The first-order valence-corrected chi connectivity index (χ1v) is 6.14. The summed E-state index contributed by atoms with van der Waals surface area (Å²) in [6.07, 6.45) is -4.52. The fraction of sp³-hybridized carbons (Fsp3) is 0.571. The lowest BCUT2D eigenvalue weighted by Crippen LogP contribution is -2.28. The standard InChI is InChI=1S/C14H19F4N/c1-9(2)13(3,4)8-19-12-6-5-10(7-11(12)15)14(16,17)18/h5-7,9,19H,8H2,1-4H3. The molecule has 0 saturated carbocycles. The van der Waals surface area contributed by atoms with E-state index >= 15 is 0 Å². The maximum absolute atomic E-state index is 13.6. The molecule has 1 rings (SSSR count). The number of hydrogen-bond donors (Lipinski definition) is 1. The van der Waals surface area contributed by atoms with Gasteiger partial charge in [-0.05, 0) is 29.5 Å². The third-order valence-electron chi connectivity index (χ3n) is 3.59. The molecule has 0 heterocycles. The lowest BCUT2D eigenvalue weighted by atomic mass is 9.81. The van der Waals surface area contributed by atoms with E-state index in [-0.39, 0.29) is 11.1 Å². The fourth-order valence-electron chi connectivity index (χ4n) is 1.36. The molecule has 19 heavy (non-hydrogen) atoms. The Morgan fingerprint density at radius 3 is 2.16 bits per heavy atom. The van der Waals surface area contributed by atoms with Crippen LogP contribution in [0.25, 0.3) is 0 Å². The van der Waals surface area contributed by atoms with Gasteiger partial charge in [0.2, 0.25) is 0 Å². The van der Waals surface area contributed by atoms with E-state index in [0.29, 0.717) is 18.5 Å². The van der Waals surface area contributed by atoms with E-state index in [4.69, 9.17) is 0 Å². The second-order valence-electron chi connectivity index (χ2n) is 5.69. The van der Waals surface area contributed by atoms with Gasteiger partial charge in [0.1, 0.15) is 5.82 Å². The first kappa shape index (κ1) is 15.8. The molecule has 5 heteroatoms. The van der Waals surface area contributed by atoms with Gasteiger partial charge in [0, 0.05) is 6.54 Å². The van der Waals surface area contributed by atoms with Gasteiger partial charge in [-0.25, -0.2) is 4.39 Å². The Morgan fingerprint density at radius 2 is 1.74 bits per heavy atom. The number of rotatable bonds is 4. The quantitative estimate of drug-likeness (QED) is 0.769. The van der Waals surface area contributed by atoms with Gasteiger partial charge in [0.15, 0.2) is 0 Å². The predicted octanol–water partition coefficient (Wildman–Crippen LogP) is 4.94. The van der Waals surface area contributed by atoms with E-state index < -0.39 is 17.6 Å². The van der Waals surface area contributed by atoms with Crippen LogP contribution < -0.4 is 5.32 Å². The molecule has 0 aromatic heterocycles. The highest BCUT2D eigenvalue weighted by Gasteiger charge is 2.31. The molecule has 0 bridgehead atoms. The Hall–Kier alpha value is -1.26. The molecule has 0 aliphatic heterocycles. The van der Waals surface area contributed by atoms with Gasteiger partial charge in [-0.3, -0.25) is 0 Å². The van der Waals surface area contributed by atoms with Crippen LogP contribution in [-0.4, -0.2) is 6.54 Å². The average Bonchev–Trinajstić information content (AvgIpc) is 2.25. The van der Waals surface area contributed by atoms with Crippen molar-refractivity contribution in [3.05, 3.63) is 29.6 Å². The lowest BCUT2D eigenvalue weighted by molar-refractivity contribution is -0.137. The van der Waals surface area contributed by atoms with Crippen LogP contribution in [-0.2, 0) is 6.18 Å². The minimum atomic E-state index is -4.52. The van der Waals surface area contributed by atoms with Gasteiger partial charge in [0.25, 0.3) is 0 Å². The topological polar surface area (TPSA) is 12.0 Å². The van der Waals surface area contributed by atoms with Crippen molar-refractivity contribution in [3.8, 4) is 0 Å². The molecule has 1 aromatic carbocycles. The first-order chi connectivity index (χ1) is 8.54. The van der Waals surface area contributed by atoms with Gasteiger partial charge < -0.3 is 5.32 Å². The molecular formula is C14H19F4N. The van der Waals surface area contributed by atoms with Gasteiger partial charge in [-0.15, -0.1) is 0 Å². The van der Waals surface area contributed by atoms with Crippen molar-refractivity contribution in [3.63, 3.8) is 0 Å². The summed E-state index contributed by atoms with van der Waals surface area (Å²) >= 11 is 0. The Balaban J connectivity index is 2.82. The van der Waals surface area contributed by atoms with Crippen molar-refractivity contribution < 1.29 is 17.6 Å². The molecular weight excluding hydrogens is 258 g/mol. The first-order valence-electron chi connectivity index (χ1n) is 6.14. The van der Waals surface area contributed by atoms with Crippen molar-refractivity contribution >= 4 is 5.69 Å². The summed E-state index contributed by atoms with van der Waals surface area (Å²) in [7, 11) is 0. The Labute approximate surface area is 111 Å². The third-order valence-corrected chi connectivity index (χ3v) is 3.59. The summed E-state index contributed by atoms with van der Waals surface area (Å²) in [4.78, 5) is 0. The smallest absolute Gasteiger partial charge is 0.382 e. The summed E-state index contributed by atoms with van der Waals surface area (Å²) in [5, 5.41) is 2.87. The minimum absolute atomic E-state index is 0.0743.